The van der Waals surface area contributed by atoms with Crippen LogP contribution >= 0.6 is 0 Å². The summed E-state index contributed by atoms with van der Waals surface area (Å²) < 4.78 is 4.10. The highest BCUT2D eigenvalue weighted by Crippen LogP contribution is 2.07. The zero-order valence-corrected chi connectivity index (χ0v) is 7.57. The first-order valence-electron chi connectivity index (χ1n) is 3.96. The lowest BCUT2D eigenvalue weighted by molar-refractivity contribution is -0.647. The second-order valence-electron chi connectivity index (χ2n) is 3.19. The van der Waals surface area contributed by atoms with Crippen LogP contribution in [0.5, 0.6) is 0 Å². The number of imidazole rings is 1. The molecule has 0 amide bonds. The Labute approximate surface area is 71.3 Å². The van der Waals surface area contributed by atoms with Crippen molar-refractivity contribution in [3.63, 3.8) is 0 Å². The molecule has 12 heavy (non-hydrogen) atoms. The lowest BCUT2D eigenvalue weighted by Crippen LogP contribution is -2.26. The maximum Gasteiger partial charge on any atom is 0.301 e. The van der Waals surface area contributed by atoms with Crippen LogP contribution in [0, 0.1) is 6.92 Å². The lowest BCUT2D eigenvalue weighted by Gasteiger charge is -1.88. The highest BCUT2D eigenvalue weighted by molar-refractivity contribution is 5.67. The van der Waals surface area contributed by atoms with Crippen molar-refractivity contribution < 1.29 is 4.57 Å². The number of pyridine rings is 1. The first-order valence-corrected chi connectivity index (χ1v) is 3.96. The summed E-state index contributed by atoms with van der Waals surface area (Å²) in [6.45, 7) is 2.06. The molecule has 0 unspecified atom stereocenters. The van der Waals surface area contributed by atoms with Gasteiger partial charge in [0.05, 0.1) is 14.1 Å². The number of aryl methyl sites for hydroxylation is 3. The van der Waals surface area contributed by atoms with Crippen molar-refractivity contribution in [3.8, 4) is 0 Å². The smallest absolute Gasteiger partial charge is 0.263 e. The first kappa shape index (κ1) is 7.28. The second-order valence-corrected chi connectivity index (χ2v) is 3.19. The van der Waals surface area contributed by atoms with E-state index in [9.17, 15) is 0 Å². The van der Waals surface area contributed by atoms with Gasteiger partial charge in [-0.2, -0.15) is 0 Å². The third-order valence-electron chi connectivity index (χ3n) is 2.04. The first-order chi connectivity index (χ1) is 5.68. The van der Waals surface area contributed by atoms with Crippen LogP contribution in [0.15, 0.2) is 18.6 Å². The monoisotopic (exact) mass is 162 g/mol. The van der Waals surface area contributed by atoms with Gasteiger partial charge in [-0.3, -0.25) is 4.57 Å². The fraction of sp³-hybridized carbons (Fsp3) is 0.333. The van der Waals surface area contributed by atoms with E-state index in [1.54, 1.807) is 0 Å². The molecule has 0 saturated heterocycles. The fourth-order valence-corrected chi connectivity index (χ4v) is 1.45. The maximum absolute atomic E-state index is 4.34. The standard InChI is InChI=1S/C9H12N3/c1-7-4-8-9(10-5-7)12(3)6-11(8)2/h4-6H,1-3H3/q+1. The van der Waals surface area contributed by atoms with Crippen LogP contribution in [-0.2, 0) is 14.1 Å². The van der Waals surface area contributed by atoms with Gasteiger partial charge < -0.3 is 0 Å². The Balaban J connectivity index is 2.90. The number of rotatable bonds is 0. The third-order valence-corrected chi connectivity index (χ3v) is 2.04. The van der Waals surface area contributed by atoms with E-state index < -0.39 is 0 Å². The van der Waals surface area contributed by atoms with Crippen molar-refractivity contribution in [2.75, 3.05) is 0 Å². The molecule has 0 aliphatic carbocycles. The SMILES string of the molecule is Cc1cnc2c(c1)n(C)c[n+]2C. The average Bonchev–Trinajstić information content (AvgIpc) is 2.28. The average molecular weight is 162 g/mol. The summed E-state index contributed by atoms with van der Waals surface area (Å²) >= 11 is 0. The molecule has 0 aliphatic rings. The molecule has 3 heteroatoms. The van der Waals surface area contributed by atoms with E-state index in [1.807, 2.05) is 31.2 Å². The van der Waals surface area contributed by atoms with E-state index in [0.717, 1.165) is 5.65 Å². The number of aromatic nitrogens is 3. The summed E-state index contributed by atoms with van der Waals surface area (Å²) in [5.41, 5.74) is 3.41. The summed E-state index contributed by atoms with van der Waals surface area (Å²) in [6, 6.07) is 2.14. The molecular formula is C9H12N3+. The molecule has 0 saturated carbocycles. The van der Waals surface area contributed by atoms with Crippen molar-refractivity contribution >= 4 is 11.2 Å². The minimum Gasteiger partial charge on any atom is -0.263 e. The lowest BCUT2D eigenvalue weighted by atomic mass is 10.3. The van der Waals surface area contributed by atoms with Gasteiger partial charge in [0.15, 0.2) is 11.8 Å². The van der Waals surface area contributed by atoms with Crippen molar-refractivity contribution in [1.29, 1.82) is 0 Å². The van der Waals surface area contributed by atoms with Crippen molar-refractivity contribution in [3.05, 3.63) is 24.2 Å². The van der Waals surface area contributed by atoms with Crippen LogP contribution in [-0.4, -0.2) is 9.55 Å². The Morgan fingerprint density at radius 3 is 3.00 bits per heavy atom. The summed E-state index contributed by atoms with van der Waals surface area (Å²) in [6.07, 6.45) is 3.92. The van der Waals surface area contributed by atoms with Crippen molar-refractivity contribution in [1.82, 2.24) is 9.55 Å². The second kappa shape index (κ2) is 2.30. The normalized spacial score (nSPS) is 10.9. The van der Waals surface area contributed by atoms with Crippen LogP contribution in [0.25, 0.3) is 11.2 Å². The number of nitrogens with zero attached hydrogens (tertiary/aromatic N) is 3. The molecule has 0 spiro atoms. The van der Waals surface area contributed by atoms with Crippen molar-refractivity contribution in [2.45, 2.75) is 6.92 Å². The molecule has 62 valence electrons. The van der Waals surface area contributed by atoms with Gasteiger partial charge in [-0.05, 0) is 18.6 Å². The molecule has 0 aromatic carbocycles. The van der Waals surface area contributed by atoms with Gasteiger partial charge in [0.2, 0.25) is 0 Å². The Bertz CT molecular complexity index is 429. The number of hydrogen-bond donors (Lipinski definition) is 0. The topological polar surface area (TPSA) is 21.7 Å². The molecule has 0 aliphatic heterocycles. The molecule has 0 fully saturated rings. The van der Waals surface area contributed by atoms with E-state index in [2.05, 4.69) is 22.5 Å². The van der Waals surface area contributed by atoms with Crippen LogP contribution in [0.3, 0.4) is 0 Å². The minimum atomic E-state index is 1.03. The van der Waals surface area contributed by atoms with Gasteiger partial charge in [-0.25, -0.2) is 4.57 Å². The quantitative estimate of drug-likeness (QED) is 0.523. The number of hydrogen-bond acceptors (Lipinski definition) is 1. The minimum absolute atomic E-state index is 1.03. The molecule has 2 heterocycles. The summed E-state index contributed by atoms with van der Waals surface area (Å²) in [5, 5.41) is 0. The van der Waals surface area contributed by atoms with E-state index >= 15 is 0 Å². The zero-order chi connectivity index (χ0) is 8.72. The summed E-state index contributed by atoms with van der Waals surface area (Å²) in [5.74, 6) is 0. The Kier molecular flexibility index (Phi) is 1.40. The molecule has 2 aromatic rings. The largest absolute Gasteiger partial charge is 0.301 e. The fourth-order valence-electron chi connectivity index (χ4n) is 1.45. The van der Waals surface area contributed by atoms with Gasteiger partial charge in [-0.15, -0.1) is 4.98 Å². The van der Waals surface area contributed by atoms with Crippen LogP contribution in [0.2, 0.25) is 0 Å². The van der Waals surface area contributed by atoms with Gasteiger partial charge in [0.25, 0.3) is 0 Å². The molecule has 2 rings (SSSR count). The predicted octanol–water partition coefficient (Wildman–Crippen LogP) is 0.706. The highest BCUT2D eigenvalue weighted by Gasteiger charge is 2.10. The predicted molar refractivity (Wildman–Crippen MR) is 46.6 cm³/mol. The van der Waals surface area contributed by atoms with Gasteiger partial charge >= 0.3 is 5.65 Å². The van der Waals surface area contributed by atoms with Crippen LogP contribution in [0.4, 0.5) is 0 Å². The van der Waals surface area contributed by atoms with Crippen molar-refractivity contribution in [2.24, 2.45) is 14.1 Å². The van der Waals surface area contributed by atoms with Gasteiger partial charge in [0.1, 0.15) is 6.20 Å². The van der Waals surface area contributed by atoms with Gasteiger partial charge in [-0.1, -0.05) is 0 Å². The maximum atomic E-state index is 4.34. The number of fused-ring (bicyclic) bond motifs is 1. The molecule has 0 bridgehead atoms. The highest BCUT2D eigenvalue weighted by atomic mass is 15.1. The summed E-state index contributed by atoms with van der Waals surface area (Å²) in [7, 11) is 4.04. The Hall–Kier alpha value is -1.38. The molecule has 0 radical (unpaired) electrons. The van der Waals surface area contributed by atoms with Crippen LogP contribution in [0.1, 0.15) is 5.56 Å². The van der Waals surface area contributed by atoms with E-state index in [-0.39, 0.29) is 0 Å². The Morgan fingerprint density at radius 1 is 1.50 bits per heavy atom. The van der Waals surface area contributed by atoms with Crippen LogP contribution < -0.4 is 4.57 Å². The van der Waals surface area contributed by atoms with E-state index in [4.69, 9.17) is 0 Å². The Morgan fingerprint density at radius 2 is 2.25 bits per heavy atom. The molecular weight excluding hydrogens is 150 g/mol. The molecule has 0 N–H and O–H groups in total. The van der Waals surface area contributed by atoms with E-state index in [0.29, 0.717) is 0 Å². The molecule has 0 atom stereocenters. The molecule has 2 aromatic heterocycles. The zero-order valence-electron chi connectivity index (χ0n) is 7.57. The molecule has 3 nitrogen and oxygen atoms in total. The summed E-state index contributed by atoms with van der Waals surface area (Å²) in [4.78, 5) is 4.34. The van der Waals surface area contributed by atoms with E-state index in [1.165, 1.54) is 11.1 Å². The third kappa shape index (κ3) is 0.897. The van der Waals surface area contributed by atoms with Gasteiger partial charge in [0, 0.05) is 0 Å².